The van der Waals surface area contributed by atoms with E-state index in [0.717, 1.165) is 31.9 Å². The molecule has 1 aromatic carbocycles. The van der Waals surface area contributed by atoms with Crippen LogP contribution in [0.4, 0.5) is 5.69 Å². The fraction of sp³-hybridized carbons (Fsp3) is 0.429. The normalized spacial score (nSPS) is 15.3. The van der Waals surface area contributed by atoms with Crippen LogP contribution in [0.3, 0.4) is 0 Å². The summed E-state index contributed by atoms with van der Waals surface area (Å²) in [6, 6.07) is 8.12. The van der Waals surface area contributed by atoms with Gasteiger partial charge < -0.3 is 19.5 Å². The van der Waals surface area contributed by atoms with Crippen LogP contribution in [0, 0.1) is 6.92 Å². The fourth-order valence-corrected chi connectivity index (χ4v) is 2.22. The van der Waals surface area contributed by atoms with E-state index < -0.39 is 0 Å². The Balaban J connectivity index is 1.58. The number of aryl methyl sites for hydroxylation is 1. The van der Waals surface area contributed by atoms with E-state index in [2.05, 4.69) is 32.5 Å². The van der Waals surface area contributed by atoms with Gasteiger partial charge in [-0.25, -0.2) is 0 Å². The third-order valence-corrected chi connectivity index (χ3v) is 3.26. The van der Waals surface area contributed by atoms with Gasteiger partial charge in [-0.15, -0.1) is 0 Å². The molecule has 6 nitrogen and oxygen atoms in total. The van der Waals surface area contributed by atoms with Gasteiger partial charge in [-0.05, 0) is 24.3 Å². The van der Waals surface area contributed by atoms with Crippen LogP contribution in [-0.2, 0) is 6.61 Å². The lowest BCUT2D eigenvalue weighted by molar-refractivity contribution is 0.285. The van der Waals surface area contributed by atoms with E-state index in [1.807, 2.05) is 12.1 Å². The highest BCUT2D eigenvalue weighted by Gasteiger charge is 2.10. The monoisotopic (exact) mass is 274 g/mol. The van der Waals surface area contributed by atoms with Gasteiger partial charge in [0.2, 0.25) is 11.7 Å². The van der Waals surface area contributed by atoms with Gasteiger partial charge in [0.25, 0.3) is 0 Å². The summed E-state index contributed by atoms with van der Waals surface area (Å²) in [7, 11) is 0. The summed E-state index contributed by atoms with van der Waals surface area (Å²) in [5, 5.41) is 7.14. The van der Waals surface area contributed by atoms with Gasteiger partial charge >= 0.3 is 0 Å². The van der Waals surface area contributed by atoms with Gasteiger partial charge in [-0.1, -0.05) is 5.16 Å². The largest absolute Gasteiger partial charge is 0.485 e. The quantitative estimate of drug-likeness (QED) is 0.908. The Labute approximate surface area is 117 Å². The Morgan fingerprint density at radius 1 is 1.25 bits per heavy atom. The topological polar surface area (TPSA) is 63.4 Å². The van der Waals surface area contributed by atoms with Gasteiger partial charge in [0, 0.05) is 38.8 Å². The van der Waals surface area contributed by atoms with Gasteiger partial charge in [0.1, 0.15) is 5.75 Å². The first-order valence-corrected chi connectivity index (χ1v) is 6.79. The molecule has 1 saturated heterocycles. The molecule has 3 rings (SSSR count). The molecule has 6 heteroatoms. The van der Waals surface area contributed by atoms with E-state index in [1.54, 1.807) is 6.92 Å². The maximum Gasteiger partial charge on any atom is 0.223 e. The smallest absolute Gasteiger partial charge is 0.223 e. The standard InChI is InChI=1S/C14H18N4O2/c1-11-16-14(17-20-11)10-19-13-4-2-12(3-5-13)18-8-6-15-7-9-18/h2-5,15H,6-10H2,1H3. The zero-order valence-corrected chi connectivity index (χ0v) is 11.5. The number of hydrogen-bond acceptors (Lipinski definition) is 6. The number of anilines is 1. The van der Waals surface area contributed by atoms with Crippen LogP contribution < -0.4 is 15.0 Å². The molecule has 2 aromatic rings. The Bertz CT molecular complexity index is 547. The van der Waals surface area contributed by atoms with Crippen LogP contribution in [0.1, 0.15) is 11.7 Å². The third kappa shape index (κ3) is 3.08. The molecule has 20 heavy (non-hydrogen) atoms. The minimum atomic E-state index is 0.324. The van der Waals surface area contributed by atoms with Crippen LogP contribution in [-0.4, -0.2) is 36.3 Å². The van der Waals surface area contributed by atoms with Crippen molar-refractivity contribution in [2.45, 2.75) is 13.5 Å². The second kappa shape index (κ2) is 5.92. The average molecular weight is 274 g/mol. The molecule has 0 radical (unpaired) electrons. The van der Waals surface area contributed by atoms with Gasteiger partial charge in [0.15, 0.2) is 6.61 Å². The molecule has 1 aliphatic heterocycles. The molecule has 0 aliphatic carbocycles. The molecule has 0 amide bonds. The van der Waals surface area contributed by atoms with E-state index in [9.17, 15) is 0 Å². The van der Waals surface area contributed by atoms with Crippen LogP contribution >= 0.6 is 0 Å². The molecule has 1 aromatic heterocycles. The highest BCUT2D eigenvalue weighted by Crippen LogP contribution is 2.20. The summed E-state index contributed by atoms with van der Waals surface area (Å²) in [6.07, 6.45) is 0. The summed E-state index contributed by atoms with van der Waals surface area (Å²) >= 11 is 0. The third-order valence-electron chi connectivity index (χ3n) is 3.26. The number of rotatable bonds is 4. The number of nitrogens with one attached hydrogen (secondary N) is 1. The van der Waals surface area contributed by atoms with E-state index >= 15 is 0 Å². The van der Waals surface area contributed by atoms with Crippen molar-refractivity contribution in [3.63, 3.8) is 0 Å². The lowest BCUT2D eigenvalue weighted by atomic mass is 10.2. The Hall–Kier alpha value is -2.08. The molecule has 1 aliphatic rings. The summed E-state index contributed by atoms with van der Waals surface area (Å²) in [6.45, 7) is 6.25. The van der Waals surface area contributed by atoms with Crippen molar-refractivity contribution >= 4 is 5.69 Å². The minimum absolute atomic E-state index is 0.324. The Morgan fingerprint density at radius 2 is 2.00 bits per heavy atom. The Kier molecular flexibility index (Phi) is 3.83. The van der Waals surface area contributed by atoms with Crippen LogP contribution in [0.25, 0.3) is 0 Å². The summed E-state index contributed by atoms with van der Waals surface area (Å²) in [5.74, 6) is 1.93. The summed E-state index contributed by atoms with van der Waals surface area (Å²) < 4.78 is 10.5. The number of hydrogen-bond donors (Lipinski definition) is 1. The number of piperazine rings is 1. The van der Waals surface area contributed by atoms with Crippen molar-refractivity contribution in [1.82, 2.24) is 15.5 Å². The molecule has 0 unspecified atom stereocenters. The van der Waals surface area contributed by atoms with Crippen molar-refractivity contribution in [2.75, 3.05) is 31.1 Å². The number of benzene rings is 1. The molecule has 0 atom stereocenters. The molecule has 1 N–H and O–H groups in total. The minimum Gasteiger partial charge on any atom is -0.485 e. The molecular formula is C14H18N4O2. The number of aromatic nitrogens is 2. The van der Waals surface area contributed by atoms with E-state index in [-0.39, 0.29) is 0 Å². The zero-order valence-electron chi connectivity index (χ0n) is 11.5. The highest BCUT2D eigenvalue weighted by atomic mass is 16.5. The lowest BCUT2D eigenvalue weighted by Gasteiger charge is -2.29. The molecule has 0 saturated carbocycles. The van der Waals surface area contributed by atoms with Crippen LogP contribution in [0.5, 0.6) is 5.75 Å². The first-order valence-electron chi connectivity index (χ1n) is 6.79. The first kappa shape index (κ1) is 12.9. The number of nitrogens with zero attached hydrogens (tertiary/aromatic N) is 3. The van der Waals surface area contributed by atoms with Crippen molar-refractivity contribution in [3.05, 3.63) is 36.0 Å². The lowest BCUT2D eigenvalue weighted by Crippen LogP contribution is -2.43. The predicted molar refractivity (Wildman–Crippen MR) is 74.9 cm³/mol. The van der Waals surface area contributed by atoms with Crippen LogP contribution in [0.15, 0.2) is 28.8 Å². The molecule has 106 valence electrons. The van der Waals surface area contributed by atoms with Crippen molar-refractivity contribution in [1.29, 1.82) is 0 Å². The Morgan fingerprint density at radius 3 is 2.65 bits per heavy atom. The van der Waals surface area contributed by atoms with Crippen molar-refractivity contribution in [3.8, 4) is 5.75 Å². The highest BCUT2D eigenvalue weighted by molar-refractivity contribution is 5.49. The van der Waals surface area contributed by atoms with Gasteiger partial charge in [0.05, 0.1) is 0 Å². The predicted octanol–water partition coefficient (Wildman–Crippen LogP) is 1.37. The van der Waals surface area contributed by atoms with Crippen molar-refractivity contribution < 1.29 is 9.26 Å². The fourth-order valence-electron chi connectivity index (χ4n) is 2.22. The van der Waals surface area contributed by atoms with Crippen LogP contribution in [0.2, 0.25) is 0 Å². The second-order valence-corrected chi connectivity index (χ2v) is 4.75. The molecule has 1 fully saturated rings. The van der Waals surface area contributed by atoms with E-state index in [0.29, 0.717) is 18.3 Å². The first-order chi connectivity index (χ1) is 9.81. The maximum atomic E-state index is 5.63. The SMILES string of the molecule is Cc1nc(COc2ccc(N3CCNCC3)cc2)no1. The summed E-state index contributed by atoms with van der Waals surface area (Å²) in [4.78, 5) is 6.46. The average Bonchev–Trinajstić information content (AvgIpc) is 2.92. The zero-order chi connectivity index (χ0) is 13.8. The number of ether oxygens (including phenoxy) is 1. The van der Waals surface area contributed by atoms with Crippen molar-refractivity contribution in [2.24, 2.45) is 0 Å². The molecular weight excluding hydrogens is 256 g/mol. The van der Waals surface area contributed by atoms with Gasteiger partial charge in [-0.2, -0.15) is 4.98 Å². The molecule has 2 heterocycles. The molecule has 0 spiro atoms. The second-order valence-electron chi connectivity index (χ2n) is 4.75. The maximum absolute atomic E-state index is 5.63. The van der Waals surface area contributed by atoms with E-state index in [1.165, 1.54) is 5.69 Å². The summed E-state index contributed by atoms with van der Waals surface area (Å²) in [5.41, 5.74) is 1.23. The van der Waals surface area contributed by atoms with E-state index in [4.69, 9.17) is 9.26 Å². The van der Waals surface area contributed by atoms with Gasteiger partial charge in [-0.3, -0.25) is 0 Å². The molecule has 0 bridgehead atoms.